The molecule has 0 radical (unpaired) electrons. The van der Waals surface area contributed by atoms with E-state index in [-0.39, 0.29) is 12.8 Å². The molecule has 0 heterocycles. The zero-order valence-corrected chi connectivity index (χ0v) is 31.8. The molecule has 2 atom stereocenters. The monoisotopic (exact) mass is 842 g/mol. The molecule has 2 unspecified atom stereocenters. The van der Waals surface area contributed by atoms with Crippen LogP contribution < -0.4 is 0 Å². The van der Waals surface area contributed by atoms with Crippen LogP contribution in [0.25, 0.3) is 108 Å². The summed E-state index contributed by atoms with van der Waals surface area (Å²) in [5.74, 6) is -20.6. The second-order valence-electron chi connectivity index (χ2n) is 19.4. The van der Waals surface area contributed by atoms with Crippen LogP contribution in [0.15, 0.2) is 42.0 Å². The van der Waals surface area contributed by atoms with Crippen molar-refractivity contribution in [3.05, 3.63) is 150 Å². The van der Waals surface area contributed by atoms with Crippen molar-refractivity contribution in [3.63, 3.8) is 0 Å². The van der Waals surface area contributed by atoms with E-state index >= 15 is 35.1 Å². The number of hydrogen-bond acceptors (Lipinski definition) is 0. The van der Waals surface area contributed by atoms with E-state index in [0.29, 0.717) is 28.7 Å². The van der Waals surface area contributed by atoms with E-state index in [9.17, 15) is 8.78 Å². The van der Waals surface area contributed by atoms with Gasteiger partial charge in [-0.3, -0.25) is 0 Å². The number of hydrogen-bond donors (Lipinski definition) is 0. The average molecular weight is 843 g/mol. The van der Waals surface area contributed by atoms with Gasteiger partial charge in [-0.2, -0.15) is 0 Å². The number of benzene rings is 9. The molecule has 5 aliphatic rings. The Hall–Kier alpha value is -6.68. The van der Waals surface area contributed by atoms with E-state index in [1.54, 1.807) is 0 Å². The third kappa shape index (κ3) is 2.70. The van der Waals surface area contributed by atoms with Crippen molar-refractivity contribution in [2.75, 3.05) is 0 Å². The topological polar surface area (TPSA) is 0 Å². The molecule has 5 aliphatic carbocycles. The van der Waals surface area contributed by atoms with Crippen molar-refractivity contribution >= 4 is 108 Å². The van der Waals surface area contributed by atoms with Gasteiger partial charge in [0, 0.05) is 22.0 Å². The highest BCUT2D eigenvalue weighted by Gasteiger charge is 2.60. The molecule has 0 aromatic heterocycles. The molecule has 0 amide bonds. The Kier molecular flexibility index (Phi) is 4.47. The molecule has 63 heavy (non-hydrogen) atoms. The first-order valence-electron chi connectivity index (χ1n) is 20.9. The van der Waals surface area contributed by atoms with E-state index in [2.05, 4.69) is 30.3 Å². The zero-order chi connectivity index (χ0) is 41.9. The SMILES string of the molecule is Fc1c(F)c(F)c(CC23C=C4Cc5cc6cc7cc8cc9c%10c8c8c7c7c6c5c5c6c%11c(c2c2c(cc(c%12c2c%11c(c%10%12)c8c67)C9)C3)C45Cc2c(F)c(F)c(F)c(F)c2F)c(F)c1F. The summed E-state index contributed by atoms with van der Waals surface area (Å²) in [7, 11) is 0. The standard InChI is InChI=1S/C53H16F10/c54-42-20(43(55)47(59)50(62)46(42)58)10-52-8-18-6-16-3-13-1-12-2-15-4-14-5-17-7-19(9-52)53(11-21-44(56)48(60)51(63)49(61)45(21)57)39-27(17)24(14)31-25(15)29-22(12)23(13)30-26(16)32-28(18)40(52)41(53)38-36(32)34(30)33(29)35(31)37(38)39/h1-2,4-6,9H,3,7-8,10-11H2. The highest BCUT2D eigenvalue weighted by Crippen LogP contribution is 2.73. The predicted octanol–water partition coefficient (Wildman–Crippen LogP) is 14.0. The van der Waals surface area contributed by atoms with Crippen LogP contribution in [0.2, 0.25) is 0 Å². The van der Waals surface area contributed by atoms with Crippen LogP contribution in [0, 0.1) is 58.2 Å². The maximum atomic E-state index is 16.4. The molecule has 10 heteroatoms. The van der Waals surface area contributed by atoms with Crippen LogP contribution in [-0.2, 0) is 42.9 Å². The summed E-state index contributed by atoms with van der Waals surface area (Å²) in [5, 5.41) is 20.1. The third-order valence-corrected chi connectivity index (χ3v) is 17.2. The molecule has 0 saturated heterocycles. The minimum Gasteiger partial charge on any atom is -0.203 e. The molecule has 0 spiro atoms. The Morgan fingerprint density at radius 2 is 0.746 bits per heavy atom. The lowest BCUT2D eigenvalue weighted by molar-refractivity contribution is 0.358. The van der Waals surface area contributed by atoms with Crippen molar-refractivity contribution in [2.45, 2.75) is 42.9 Å². The van der Waals surface area contributed by atoms with Crippen molar-refractivity contribution in [1.82, 2.24) is 0 Å². The number of allylic oxidation sites excluding steroid dienone is 2. The number of halogens is 10. The summed E-state index contributed by atoms with van der Waals surface area (Å²) in [4.78, 5) is 0. The largest absolute Gasteiger partial charge is 0.203 e. The Balaban J connectivity index is 1.15. The lowest BCUT2D eigenvalue weighted by Gasteiger charge is -2.47. The Labute approximate surface area is 343 Å². The average Bonchev–Trinajstić information content (AvgIpc) is 4.11. The molecule has 0 N–H and O–H groups in total. The molecule has 0 saturated carbocycles. The summed E-state index contributed by atoms with van der Waals surface area (Å²) in [6.45, 7) is 0. The minimum atomic E-state index is -2.27. The van der Waals surface area contributed by atoms with Crippen LogP contribution in [0.5, 0.6) is 0 Å². The molecule has 0 bridgehead atoms. The van der Waals surface area contributed by atoms with Crippen LogP contribution >= 0.6 is 0 Å². The summed E-state index contributed by atoms with van der Waals surface area (Å²) in [6.07, 6.45) is 1.34. The first-order valence-corrected chi connectivity index (χ1v) is 20.9. The second-order valence-corrected chi connectivity index (χ2v) is 19.4. The van der Waals surface area contributed by atoms with E-state index in [0.717, 1.165) is 125 Å². The maximum absolute atomic E-state index is 16.4. The van der Waals surface area contributed by atoms with Crippen molar-refractivity contribution in [2.24, 2.45) is 0 Å². The summed E-state index contributed by atoms with van der Waals surface area (Å²) in [6, 6.07) is 10.9. The quantitative estimate of drug-likeness (QED) is 0.0544. The van der Waals surface area contributed by atoms with E-state index in [4.69, 9.17) is 0 Å². The van der Waals surface area contributed by atoms with Gasteiger partial charge in [-0.1, -0.05) is 29.8 Å². The first-order chi connectivity index (χ1) is 30.4. The third-order valence-electron chi connectivity index (χ3n) is 17.2. The van der Waals surface area contributed by atoms with Gasteiger partial charge in [-0.15, -0.1) is 0 Å². The molecule has 0 fully saturated rings. The normalized spacial score (nSPS) is 20.7. The molecular formula is C53H16F10. The van der Waals surface area contributed by atoms with Gasteiger partial charge in [0.2, 0.25) is 11.6 Å². The second kappa shape index (κ2) is 8.78. The van der Waals surface area contributed by atoms with Gasteiger partial charge in [0.05, 0.1) is 0 Å². The van der Waals surface area contributed by atoms with Gasteiger partial charge in [-0.25, -0.2) is 43.9 Å². The van der Waals surface area contributed by atoms with Gasteiger partial charge in [0.25, 0.3) is 0 Å². The van der Waals surface area contributed by atoms with Gasteiger partial charge >= 0.3 is 0 Å². The summed E-state index contributed by atoms with van der Waals surface area (Å²) in [5.41, 5.74) is 1.28. The summed E-state index contributed by atoms with van der Waals surface area (Å²) >= 11 is 0. The van der Waals surface area contributed by atoms with Crippen molar-refractivity contribution < 1.29 is 43.9 Å². The predicted molar refractivity (Wildman–Crippen MR) is 220 cm³/mol. The fraction of sp³-hybridized carbons (Fsp3) is 0.132. The molecule has 0 nitrogen and oxygen atoms in total. The minimum absolute atomic E-state index is 0.105. The smallest absolute Gasteiger partial charge is 0.200 e. The molecular weight excluding hydrogens is 827 g/mol. The van der Waals surface area contributed by atoms with E-state index in [1.807, 2.05) is 6.08 Å². The molecule has 0 aliphatic heterocycles. The van der Waals surface area contributed by atoms with Crippen LogP contribution in [0.4, 0.5) is 43.9 Å². The maximum Gasteiger partial charge on any atom is 0.200 e. The lowest BCUT2D eigenvalue weighted by Crippen LogP contribution is -2.44. The molecule has 18 rings (SSSR count). The van der Waals surface area contributed by atoms with Gasteiger partial charge in [0.15, 0.2) is 46.5 Å². The van der Waals surface area contributed by atoms with Crippen LogP contribution in [0.1, 0.15) is 50.1 Å². The molecule has 298 valence electrons. The number of rotatable bonds is 4. The fourth-order valence-electron chi connectivity index (χ4n) is 15.6. The van der Waals surface area contributed by atoms with Crippen molar-refractivity contribution in [3.8, 4) is 0 Å². The van der Waals surface area contributed by atoms with Crippen LogP contribution in [-0.4, -0.2) is 0 Å². The Bertz CT molecular complexity index is 4520. The Morgan fingerprint density at radius 1 is 0.333 bits per heavy atom. The Morgan fingerprint density at radius 3 is 1.38 bits per heavy atom. The van der Waals surface area contributed by atoms with E-state index < -0.39 is 93.0 Å². The van der Waals surface area contributed by atoms with Crippen molar-refractivity contribution in [1.29, 1.82) is 0 Å². The first kappa shape index (κ1) is 32.1. The van der Waals surface area contributed by atoms with Crippen LogP contribution in [0.3, 0.4) is 0 Å². The summed E-state index contributed by atoms with van der Waals surface area (Å²) < 4.78 is 156. The lowest BCUT2D eigenvalue weighted by atomic mass is 9.54. The van der Waals surface area contributed by atoms with E-state index in [1.165, 1.54) is 5.39 Å². The van der Waals surface area contributed by atoms with Gasteiger partial charge in [0.1, 0.15) is 0 Å². The van der Waals surface area contributed by atoms with Gasteiger partial charge in [-0.05, 0) is 191 Å². The molecule has 13 aromatic rings. The van der Waals surface area contributed by atoms with Gasteiger partial charge < -0.3 is 0 Å². The highest BCUT2D eigenvalue weighted by atomic mass is 19.2. The molecule has 13 aromatic carbocycles. The highest BCUT2D eigenvalue weighted by molar-refractivity contribution is 6.62. The fourth-order valence-corrected chi connectivity index (χ4v) is 15.6. The zero-order valence-electron chi connectivity index (χ0n) is 31.8.